The highest BCUT2D eigenvalue weighted by molar-refractivity contribution is 6.31. The predicted molar refractivity (Wildman–Crippen MR) is 159 cm³/mol. The Labute approximate surface area is 258 Å². The van der Waals surface area contributed by atoms with E-state index in [9.17, 15) is 13.6 Å². The van der Waals surface area contributed by atoms with Gasteiger partial charge in [0.1, 0.15) is 18.3 Å². The number of carbonyl (C=O) groups is 1. The maximum Gasteiger partial charge on any atom is 0.226 e. The van der Waals surface area contributed by atoms with Gasteiger partial charge in [0.05, 0.1) is 13.7 Å². The molecule has 0 unspecified atom stereocenters. The molecule has 2 saturated heterocycles. The molecule has 5 atom stereocenters. The molecule has 2 heterocycles. The van der Waals surface area contributed by atoms with Crippen molar-refractivity contribution in [1.29, 1.82) is 0 Å². The number of carbonyl (C=O) groups excluding carboxylic acids is 1. The van der Waals surface area contributed by atoms with Crippen molar-refractivity contribution in [1.82, 2.24) is 0 Å². The van der Waals surface area contributed by atoms with Crippen LogP contribution in [0.2, 0.25) is 5.02 Å². The molecule has 2 aromatic rings. The number of hydrogen-bond acceptors (Lipinski definition) is 7. The van der Waals surface area contributed by atoms with E-state index in [0.717, 1.165) is 44.8 Å². The number of hydrogen-bond donors (Lipinski definition) is 0. The first-order valence-corrected chi connectivity index (χ1v) is 15.6. The Hall–Kier alpha value is -2.14. The second kappa shape index (κ2) is 15.2. The summed E-state index contributed by atoms with van der Waals surface area (Å²) in [6, 6.07) is 7.98. The molecule has 2 aliphatic heterocycles. The van der Waals surface area contributed by atoms with Crippen LogP contribution in [0, 0.1) is 11.6 Å². The summed E-state index contributed by atoms with van der Waals surface area (Å²) in [4.78, 5) is 12.8. The number of rotatable bonds is 17. The van der Waals surface area contributed by atoms with E-state index in [0.29, 0.717) is 36.0 Å². The molecule has 43 heavy (non-hydrogen) atoms. The van der Waals surface area contributed by atoms with Crippen LogP contribution in [0.4, 0.5) is 8.78 Å². The molecule has 0 amide bonds. The number of aldehydes is 1. The van der Waals surface area contributed by atoms with Crippen molar-refractivity contribution in [2.24, 2.45) is 0 Å². The third-order valence-electron chi connectivity index (χ3n) is 8.08. The molecule has 0 saturated carbocycles. The zero-order valence-electron chi connectivity index (χ0n) is 25.5. The summed E-state index contributed by atoms with van der Waals surface area (Å²) < 4.78 is 66.7. The summed E-state index contributed by atoms with van der Waals surface area (Å²) in [6.07, 6.45) is 3.71. The Balaban J connectivity index is 1.78. The Morgan fingerprint density at radius 2 is 1.56 bits per heavy atom. The molecular weight excluding hydrogens is 582 g/mol. The molecule has 238 valence electrons. The standard InChI is InChI=1S/C33H43ClF2O7/c1-5-8-15-39-29-30(40-16-9-6-2)32(20-37)21-42-33(43-32,31(29)41-17-10-7-3)24-12-13-25(34)23(19-24)18-22-11-14-26(38-4)28(36)27(22)35/h11-14,19-20,29-31H,5-10,15-18,21H2,1-4H3/t29-,30-,31+,32-,33-/m0/s1. The second-order valence-electron chi connectivity index (χ2n) is 11.1. The predicted octanol–water partition coefficient (Wildman–Crippen LogP) is 6.92. The van der Waals surface area contributed by atoms with Gasteiger partial charge in [-0.15, -0.1) is 0 Å². The molecule has 0 N–H and O–H groups in total. The lowest BCUT2D eigenvalue weighted by molar-refractivity contribution is -0.337. The van der Waals surface area contributed by atoms with Gasteiger partial charge in [0.2, 0.25) is 11.6 Å². The number of unbranched alkanes of at least 4 members (excludes halogenated alkanes) is 3. The third kappa shape index (κ3) is 6.92. The van der Waals surface area contributed by atoms with Crippen LogP contribution < -0.4 is 4.74 Å². The summed E-state index contributed by atoms with van der Waals surface area (Å²) in [6.45, 7) is 7.43. The highest BCUT2D eigenvalue weighted by Crippen LogP contribution is 2.52. The Kier molecular flexibility index (Phi) is 12.0. The Morgan fingerprint density at radius 1 is 0.907 bits per heavy atom. The molecular formula is C33H43ClF2O7. The monoisotopic (exact) mass is 624 g/mol. The summed E-state index contributed by atoms with van der Waals surface area (Å²) in [5, 5.41) is 0.353. The molecule has 2 aliphatic rings. The van der Waals surface area contributed by atoms with Crippen molar-refractivity contribution in [3.63, 3.8) is 0 Å². The van der Waals surface area contributed by atoms with Crippen molar-refractivity contribution in [2.45, 2.75) is 95.4 Å². The lowest BCUT2D eigenvalue weighted by atomic mass is 9.83. The zero-order valence-corrected chi connectivity index (χ0v) is 26.2. The van der Waals surface area contributed by atoms with E-state index in [-0.39, 0.29) is 24.3 Å². The normalized spacial score (nSPS) is 26.5. The molecule has 2 aromatic carbocycles. The number of halogens is 3. The maximum absolute atomic E-state index is 14.9. The number of fused-ring (bicyclic) bond motifs is 2. The fourth-order valence-electron chi connectivity index (χ4n) is 5.61. The van der Waals surface area contributed by atoms with Gasteiger partial charge < -0.3 is 28.4 Å². The summed E-state index contributed by atoms with van der Waals surface area (Å²) in [5.41, 5.74) is -0.275. The van der Waals surface area contributed by atoms with Crippen LogP contribution in [0.5, 0.6) is 5.75 Å². The SMILES string of the molecule is CCCCO[C@@H]1[C@@H](OCCCC)[C@@]2(c3ccc(Cl)c(Cc4ccc(OC)c(F)c4F)c3)OC[C@](C=O)(O2)[C@H]1OCCCC. The van der Waals surface area contributed by atoms with E-state index in [1.807, 2.05) is 0 Å². The van der Waals surface area contributed by atoms with Crippen LogP contribution in [0.25, 0.3) is 0 Å². The average Bonchev–Trinajstić information content (AvgIpc) is 3.37. The van der Waals surface area contributed by atoms with Crippen molar-refractivity contribution >= 4 is 17.9 Å². The van der Waals surface area contributed by atoms with Crippen molar-refractivity contribution < 1.29 is 42.0 Å². The molecule has 2 bridgehead atoms. The minimum absolute atomic E-state index is 0.00509. The van der Waals surface area contributed by atoms with Crippen LogP contribution in [0.3, 0.4) is 0 Å². The number of benzene rings is 2. The maximum atomic E-state index is 14.9. The van der Waals surface area contributed by atoms with Gasteiger partial charge in [-0.05, 0) is 48.6 Å². The lowest BCUT2D eigenvalue weighted by Crippen LogP contribution is -2.67. The van der Waals surface area contributed by atoms with Gasteiger partial charge in [-0.1, -0.05) is 63.8 Å². The first-order chi connectivity index (χ1) is 20.8. The second-order valence-corrected chi connectivity index (χ2v) is 11.6. The Morgan fingerprint density at radius 3 is 2.19 bits per heavy atom. The molecule has 0 radical (unpaired) electrons. The largest absolute Gasteiger partial charge is 0.494 e. The van der Waals surface area contributed by atoms with Gasteiger partial charge in [-0.3, -0.25) is 4.79 Å². The van der Waals surface area contributed by atoms with Gasteiger partial charge in [0, 0.05) is 36.8 Å². The number of ether oxygens (including phenoxy) is 6. The Bertz CT molecular complexity index is 1230. The lowest BCUT2D eigenvalue weighted by Gasteiger charge is -2.49. The first-order valence-electron chi connectivity index (χ1n) is 15.3. The third-order valence-corrected chi connectivity index (χ3v) is 8.45. The van der Waals surface area contributed by atoms with E-state index in [1.54, 1.807) is 18.2 Å². The summed E-state index contributed by atoms with van der Waals surface area (Å²) in [5.74, 6) is -3.79. The van der Waals surface area contributed by atoms with Gasteiger partial charge in [0.15, 0.2) is 23.5 Å². The highest BCUT2D eigenvalue weighted by atomic mass is 35.5. The zero-order chi connectivity index (χ0) is 31.0. The quantitative estimate of drug-likeness (QED) is 0.140. The molecule has 10 heteroatoms. The molecule has 4 rings (SSSR count). The van der Waals surface area contributed by atoms with Gasteiger partial charge >= 0.3 is 0 Å². The highest BCUT2D eigenvalue weighted by Gasteiger charge is 2.69. The fourth-order valence-corrected chi connectivity index (χ4v) is 5.80. The van der Waals surface area contributed by atoms with Gasteiger partial charge in [-0.25, -0.2) is 4.39 Å². The van der Waals surface area contributed by atoms with Crippen molar-refractivity contribution in [3.8, 4) is 5.75 Å². The van der Waals surface area contributed by atoms with E-state index in [1.165, 1.54) is 19.2 Å². The van der Waals surface area contributed by atoms with Crippen molar-refractivity contribution in [2.75, 3.05) is 33.5 Å². The van der Waals surface area contributed by atoms with E-state index in [2.05, 4.69) is 20.8 Å². The van der Waals surface area contributed by atoms with E-state index < -0.39 is 41.3 Å². The van der Waals surface area contributed by atoms with E-state index >= 15 is 0 Å². The smallest absolute Gasteiger partial charge is 0.226 e. The molecule has 0 spiro atoms. The molecule has 7 nitrogen and oxygen atoms in total. The van der Waals surface area contributed by atoms with E-state index in [4.69, 9.17) is 40.0 Å². The first kappa shape index (κ1) is 33.7. The van der Waals surface area contributed by atoms with Crippen LogP contribution in [-0.2, 0) is 40.7 Å². The average molecular weight is 625 g/mol. The minimum Gasteiger partial charge on any atom is -0.494 e. The van der Waals surface area contributed by atoms with Gasteiger partial charge in [-0.2, -0.15) is 4.39 Å². The van der Waals surface area contributed by atoms with Crippen molar-refractivity contribution in [3.05, 3.63) is 63.7 Å². The summed E-state index contributed by atoms with van der Waals surface area (Å²) >= 11 is 6.58. The van der Waals surface area contributed by atoms with Gasteiger partial charge in [0.25, 0.3) is 0 Å². The number of methoxy groups -OCH3 is 1. The van der Waals surface area contributed by atoms with Crippen LogP contribution >= 0.6 is 11.6 Å². The molecule has 0 aliphatic carbocycles. The van der Waals surface area contributed by atoms with Crippen LogP contribution in [-0.4, -0.2) is 63.7 Å². The summed E-state index contributed by atoms with van der Waals surface area (Å²) in [7, 11) is 1.28. The molecule has 2 fully saturated rings. The van der Waals surface area contributed by atoms with Crippen LogP contribution in [0.15, 0.2) is 30.3 Å². The minimum atomic E-state index is -1.53. The topological polar surface area (TPSA) is 72.5 Å². The molecule has 0 aromatic heterocycles. The van der Waals surface area contributed by atoms with Crippen LogP contribution in [0.1, 0.15) is 76.0 Å². The fraction of sp³-hybridized carbons (Fsp3) is 0.606.